The lowest BCUT2D eigenvalue weighted by atomic mass is 10.2. The first-order valence-electron chi connectivity index (χ1n) is 6.44. The lowest BCUT2D eigenvalue weighted by molar-refractivity contribution is 0.0951. The van der Waals surface area contributed by atoms with E-state index in [4.69, 9.17) is 11.6 Å². The van der Waals surface area contributed by atoms with Gasteiger partial charge in [-0.05, 0) is 46.3 Å². The van der Waals surface area contributed by atoms with Crippen molar-refractivity contribution in [2.24, 2.45) is 0 Å². The van der Waals surface area contributed by atoms with E-state index in [2.05, 4.69) is 25.8 Å². The summed E-state index contributed by atoms with van der Waals surface area (Å²) in [6.45, 7) is 0.409. The summed E-state index contributed by atoms with van der Waals surface area (Å²) in [7, 11) is 0. The smallest absolute Gasteiger partial charge is 0.253 e. The van der Waals surface area contributed by atoms with E-state index < -0.39 is 0 Å². The van der Waals surface area contributed by atoms with Gasteiger partial charge in [0.25, 0.3) is 5.91 Å². The highest BCUT2D eigenvalue weighted by Gasteiger charge is 2.11. The third-order valence-corrected chi connectivity index (χ3v) is 3.33. The second-order valence-corrected chi connectivity index (χ2v) is 4.86. The zero-order chi connectivity index (χ0) is 15.4. The second-order valence-electron chi connectivity index (χ2n) is 4.46. The average Bonchev–Trinajstić information content (AvgIpc) is 3.08. The molecule has 110 valence electrons. The number of pyridine rings is 1. The second kappa shape index (κ2) is 6.31. The van der Waals surface area contributed by atoms with Crippen molar-refractivity contribution in [3.63, 3.8) is 0 Å². The number of rotatable bonds is 4. The van der Waals surface area contributed by atoms with Crippen LogP contribution < -0.4 is 5.32 Å². The van der Waals surface area contributed by atoms with Gasteiger partial charge in [0.2, 0.25) is 0 Å². The lowest BCUT2D eigenvalue weighted by Gasteiger charge is -2.08. The van der Waals surface area contributed by atoms with Gasteiger partial charge in [-0.3, -0.25) is 9.78 Å². The summed E-state index contributed by atoms with van der Waals surface area (Å²) in [5.74, 6) is -0.245. The highest BCUT2D eigenvalue weighted by atomic mass is 35.5. The van der Waals surface area contributed by atoms with Crippen LogP contribution in [-0.2, 0) is 6.54 Å². The molecule has 1 aromatic carbocycles. The highest BCUT2D eigenvalue weighted by molar-refractivity contribution is 6.34. The molecule has 8 heteroatoms. The summed E-state index contributed by atoms with van der Waals surface area (Å²) < 4.78 is 1.46. The van der Waals surface area contributed by atoms with E-state index >= 15 is 0 Å². The van der Waals surface area contributed by atoms with E-state index in [-0.39, 0.29) is 5.91 Å². The van der Waals surface area contributed by atoms with Gasteiger partial charge in [0.1, 0.15) is 6.33 Å². The summed E-state index contributed by atoms with van der Waals surface area (Å²) in [5.41, 5.74) is 2.04. The minimum absolute atomic E-state index is 0.245. The summed E-state index contributed by atoms with van der Waals surface area (Å²) in [6.07, 6.45) is 4.81. The number of halogens is 1. The molecule has 0 aliphatic rings. The Morgan fingerprint density at radius 1 is 1.23 bits per heavy atom. The van der Waals surface area contributed by atoms with Crippen LogP contribution in [0.4, 0.5) is 0 Å². The van der Waals surface area contributed by atoms with Crippen LogP contribution in [0.25, 0.3) is 5.69 Å². The number of hydrogen-bond acceptors (Lipinski definition) is 5. The largest absolute Gasteiger partial charge is 0.348 e. The molecule has 0 atom stereocenters. The van der Waals surface area contributed by atoms with Crippen LogP contribution in [0, 0.1) is 0 Å². The summed E-state index contributed by atoms with van der Waals surface area (Å²) in [6, 6.07) is 8.68. The quantitative estimate of drug-likeness (QED) is 0.791. The maximum atomic E-state index is 12.2. The Balaban J connectivity index is 1.73. The summed E-state index contributed by atoms with van der Waals surface area (Å²) in [4.78, 5) is 16.1. The van der Waals surface area contributed by atoms with Crippen molar-refractivity contribution < 1.29 is 4.79 Å². The predicted molar refractivity (Wildman–Crippen MR) is 79.6 cm³/mol. The zero-order valence-electron chi connectivity index (χ0n) is 11.3. The Morgan fingerprint density at radius 3 is 2.73 bits per heavy atom. The van der Waals surface area contributed by atoms with Crippen molar-refractivity contribution in [3.8, 4) is 5.69 Å². The molecular formula is C14H11ClN6O. The Hall–Kier alpha value is -2.80. The van der Waals surface area contributed by atoms with E-state index in [1.807, 2.05) is 12.1 Å². The first-order chi connectivity index (χ1) is 10.7. The minimum Gasteiger partial charge on any atom is -0.348 e. The van der Waals surface area contributed by atoms with Crippen molar-refractivity contribution in [2.75, 3.05) is 0 Å². The SMILES string of the molecule is O=C(NCc1ccncc1)c1ccc(-n2cnnn2)cc1Cl. The maximum Gasteiger partial charge on any atom is 0.253 e. The summed E-state index contributed by atoms with van der Waals surface area (Å²) >= 11 is 6.17. The fourth-order valence-corrected chi connectivity index (χ4v) is 2.15. The lowest BCUT2D eigenvalue weighted by Crippen LogP contribution is -2.23. The molecule has 22 heavy (non-hydrogen) atoms. The van der Waals surface area contributed by atoms with E-state index in [9.17, 15) is 4.79 Å². The molecule has 0 unspecified atom stereocenters. The Morgan fingerprint density at radius 2 is 2.05 bits per heavy atom. The molecule has 2 aromatic heterocycles. The van der Waals surface area contributed by atoms with Crippen LogP contribution in [0.2, 0.25) is 5.02 Å². The van der Waals surface area contributed by atoms with Crippen molar-refractivity contribution >= 4 is 17.5 Å². The topological polar surface area (TPSA) is 85.6 Å². The highest BCUT2D eigenvalue weighted by Crippen LogP contribution is 2.19. The van der Waals surface area contributed by atoms with E-state index in [0.29, 0.717) is 22.8 Å². The third-order valence-electron chi connectivity index (χ3n) is 3.01. The Labute approximate surface area is 130 Å². The molecule has 0 bridgehead atoms. The number of aromatic nitrogens is 5. The van der Waals surface area contributed by atoms with Crippen molar-refractivity contribution in [3.05, 3.63) is 65.2 Å². The number of nitrogens with zero attached hydrogens (tertiary/aromatic N) is 5. The minimum atomic E-state index is -0.245. The molecule has 0 saturated carbocycles. The van der Waals surface area contributed by atoms with Crippen LogP contribution in [0.3, 0.4) is 0 Å². The number of nitrogens with one attached hydrogen (secondary N) is 1. The molecule has 0 radical (unpaired) electrons. The molecule has 3 rings (SSSR count). The van der Waals surface area contributed by atoms with Gasteiger partial charge in [0.15, 0.2) is 0 Å². The summed E-state index contributed by atoms with van der Waals surface area (Å²) in [5, 5.41) is 14.0. The van der Waals surface area contributed by atoms with E-state index in [0.717, 1.165) is 5.56 Å². The molecule has 2 heterocycles. The molecule has 3 aromatic rings. The average molecular weight is 315 g/mol. The standard InChI is InChI=1S/C14H11ClN6O/c15-13-7-11(21-9-18-19-20-21)1-2-12(13)14(22)17-8-10-3-5-16-6-4-10/h1-7,9H,8H2,(H,17,22). The van der Waals surface area contributed by atoms with E-state index in [1.165, 1.54) is 11.0 Å². The molecule has 0 spiro atoms. The normalized spacial score (nSPS) is 10.4. The molecule has 0 saturated heterocycles. The van der Waals surface area contributed by atoms with Crippen molar-refractivity contribution in [2.45, 2.75) is 6.54 Å². The van der Waals surface area contributed by atoms with Crippen LogP contribution in [-0.4, -0.2) is 31.1 Å². The van der Waals surface area contributed by atoms with Crippen LogP contribution in [0.15, 0.2) is 49.1 Å². The number of carbonyl (C=O) groups is 1. The number of hydrogen-bond donors (Lipinski definition) is 1. The molecular weight excluding hydrogens is 304 g/mol. The Bertz CT molecular complexity index is 775. The Kier molecular flexibility index (Phi) is 4.06. The molecule has 0 aliphatic heterocycles. The molecule has 0 fully saturated rings. The van der Waals surface area contributed by atoms with Gasteiger partial charge in [-0.25, -0.2) is 4.68 Å². The number of carbonyl (C=O) groups excluding carboxylic acids is 1. The fraction of sp³-hybridized carbons (Fsp3) is 0.0714. The fourth-order valence-electron chi connectivity index (χ4n) is 1.89. The monoisotopic (exact) mass is 314 g/mol. The number of tetrazole rings is 1. The van der Waals surface area contributed by atoms with Gasteiger partial charge >= 0.3 is 0 Å². The maximum absolute atomic E-state index is 12.2. The molecule has 0 aliphatic carbocycles. The number of amides is 1. The van der Waals surface area contributed by atoms with Crippen LogP contribution in [0.5, 0.6) is 0 Å². The van der Waals surface area contributed by atoms with Gasteiger partial charge < -0.3 is 5.32 Å². The number of benzene rings is 1. The van der Waals surface area contributed by atoms with Crippen LogP contribution >= 0.6 is 11.6 Å². The van der Waals surface area contributed by atoms with Gasteiger partial charge in [-0.15, -0.1) is 5.10 Å². The van der Waals surface area contributed by atoms with Crippen molar-refractivity contribution in [1.29, 1.82) is 0 Å². The molecule has 7 nitrogen and oxygen atoms in total. The van der Waals surface area contributed by atoms with Gasteiger partial charge in [0, 0.05) is 18.9 Å². The van der Waals surface area contributed by atoms with E-state index in [1.54, 1.807) is 30.6 Å². The first-order valence-corrected chi connectivity index (χ1v) is 6.82. The van der Waals surface area contributed by atoms with Gasteiger partial charge in [-0.1, -0.05) is 11.6 Å². The first kappa shape index (κ1) is 14.2. The van der Waals surface area contributed by atoms with Crippen LogP contribution in [0.1, 0.15) is 15.9 Å². The third kappa shape index (κ3) is 3.09. The zero-order valence-corrected chi connectivity index (χ0v) is 12.1. The molecule has 1 amide bonds. The van der Waals surface area contributed by atoms with Gasteiger partial charge in [0.05, 0.1) is 16.3 Å². The molecule has 1 N–H and O–H groups in total. The predicted octanol–water partition coefficient (Wildman–Crippen LogP) is 1.64. The van der Waals surface area contributed by atoms with Crippen molar-refractivity contribution in [1.82, 2.24) is 30.5 Å². The van der Waals surface area contributed by atoms with Gasteiger partial charge in [-0.2, -0.15) is 0 Å².